The average Bonchev–Trinajstić information content (AvgIpc) is 2.32. The van der Waals surface area contributed by atoms with E-state index >= 15 is 0 Å². The maximum Gasteiger partial charge on any atom is 0.255 e. The van der Waals surface area contributed by atoms with Crippen molar-refractivity contribution >= 4 is 34.8 Å². The lowest BCUT2D eigenvalue weighted by Crippen LogP contribution is -2.14. The molecular weight excluding hydrogens is 295 g/mol. The minimum Gasteiger partial charge on any atom is -0.321 e. The zero-order chi connectivity index (χ0) is 14.9. The molecule has 1 amide bonds. The number of hydrogen-bond donors (Lipinski definition) is 1. The lowest BCUT2D eigenvalue weighted by atomic mass is 10.0. The lowest BCUT2D eigenvalue weighted by Gasteiger charge is -2.13. The molecular formula is C15H14Cl2N2O. The van der Waals surface area contributed by atoms with Gasteiger partial charge in [0.25, 0.3) is 5.91 Å². The highest BCUT2D eigenvalue weighted by Crippen LogP contribution is 2.23. The van der Waals surface area contributed by atoms with Gasteiger partial charge in [-0.1, -0.05) is 40.9 Å². The molecule has 1 aromatic carbocycles. The van der Waals surface area contributed by atoms with Crippen LogP contribution in [-0.2, 0) is 0 Å². The zero-order valence-corrected chi connectivity index (χ0v) is 12.9. The summed E-state index contributed by atoms with van der Waals surface area (Å²) in [7, 11) is 0. The maximum absolute atomic E-state index is 12.3. The highest BCUT2D eigenvalue weighted by Gasteiger charge is 2.12. The Hall–Kier alpha value is -1.58. The van der Waals surface area contributed by atoms with Crippen LogP contribution < -0.4 is 5.32 Å². The molecule has 0 bridgehead atoms. The van der Waals surface area contributed by atoms with Crippen LogP contribution in [0.3, 0.4) is 0 Å². The van der Waals surface area contributed by atoms with E-state index in [-0.39, 0.29) is 16.2 Å². The smallest absolute Gasteiger partial charge is 0.255 e. The first-order valence-corrected chi connectivity index (χ1v) is 6.84. The molecule has 0 aliphatic rings. The SMILES string of the molecule is Cc1cc(C)c(NC(=O)c2cc(Cl)nc(Cl)c2)c(C)c1. The summed E-state index contributed by atoms with van der Waals surface area (Å²) in [6.07, 6.45) is 0. The van der Waals surface area contributed by atoms with Crippen molar-refractivity contribution in [2.75, 3.05) is 5.32 Å². The summed E-state index contributed by atoms with van der Waals surface area (Å²) >= 11 is 11.6. The van der Waals surface area contributed by atoms with Crippen molar-refractivity contribution in [2.45, 2.75) is 20.8 Å². The number of nitrogens with zero attached hydrogens (tertiary/aromatic N) is 1. The molecule has 1 heterocycles. The molecule has 0 radical (unpaired) electrons. The third kappa shape index (κ3) is 3.30. The number of anilines is 1. The molecule has 0 saturated carbocycles. The van der Waals surface area contributed by atoms with Gasteiger partial charge in [-0.15, -0.1) is 0 Å². The predicted molar refractivity (Wildman–Crippen MR) is 82.9 cm³/mol. The van der Waals surface area contributed by atoms with E-state index in [1.807, 2.05) is 32.9 Å². The van der Waals surface area contributed by atoms with Crippen LogP contribution in [0.2, 0.25) is 10.3 Å². The average molecular weight is 309 g/mol. The summed E-state index contributed by atoms with van der Waals surface area (Å²) in [5.41, 5.74) is 4.39. The topological polar surface area (TPSA) is 42.0 Å². The number of halogens is 2. The number of carbonyl (C=O) groups excluding carboxylic acids is 1. The minimum absolute atomic E-state index is 0.194. The number of amides is 1. The molecule has 3 nitrogen and oxygen atoms in total. The second-order valence-electron chi connectivity index (χ2n) is 4.73. The Kier molecular flexibility index (Phi) is 4.31. The van der Waals surface area contributed by atoms with Crippen LogP contribution in [-0.4, -0.2) is 10.9 Å². The van der Waals surface area contributed by atoms with Gasteiger partial charge < -0.3 is 5.32 Å². The van der Waals surface area contributed by atoms with Crippen LogP contribution in [0.5, 0.6) is 0 Å². The Bertz CT molecular complexity index is 640. The summed E-state index contributed by atoms with van der Waals surface area (Å²) in [5.74, 6) is -0.258. The second kappa shape index (κ2) is 5.81. The first-order valence-electron chi connectivity index (χ1n) is 6.09. The van der Waals surface area contributed by atoms with E-state index < -0.39 is 0 Å². The Balaban J connectivity index is 2.32. The lowest BCUT2D eigenvalue weighted by molar-refractivity contribution is 0.102. The van der Waals surface area contributed by atoms with Crippen LogP contribution in [0.15, 0.2) is 24.3 Å². The van der Waals surface area contributed by atoms with E-state index in [9.17, 15) is 4.79 Å². The van der Waals surface area contributed by atoms with Crippen molar-refractivity contribution < 1.29 is 4.79 Å². The molecule has 5 heteroatoms. The zero-order valence-electron chi connectivity index (χ0n) is 11.4. The van der Waals surface area contributed by atoms with E-state index in [4.69, 9.17) is 23.2 Å². The van der Waals surface area contributed by atoms with Crippen LogP contribution >= 0.6 is 23.2 Å². The molecule has 1 N–H and O–H groups in total. The first kappa shape index (κ1) is 14.8. The van der Waals surface area contributed by atoms with E-state index in [2.05, 4.69) is 10.3 Å². The summed E-state index contributed by atoms with van der Waals surface area (Å²) in [6, 6.07) is 7.02. The van der Waals surface area contributed by atoms with Gasteiger partial charge in [0, 0.05) is 11.3 Å². The number of aromatic nitrogens is 1. The quantitative estimate of drug-likeness (QED) is 0.826. The summed E-state index contributed by atoms with van der Waals surface area (Å²) in [4.78, 5) is 16.1. The molecule has 2 aromatic rings. The largest absolute Gasteiger partial charge is 0.321 e. The Morgan fingerprint density at radius 1 is 1.00 bits per heavy atom. The highest BCUT2D eigenvalue weighted by molar-refractivity contribution is 6.33. The molecule has 2 rings (SSSR count). The van der Waals surface area contributed by atoms with Gasteiger partial charge in [-0.05, 0) is 44.0 Å². The van der Waals surface area contributed by atoms with Gasteiger partial charge in [-0.3, -0.25) is 4.79 Å². The monoisotopic (exact) mass is 308 g/mol. The number of nitrogens with one attached hydrogen (secondary N) is 1. The van der Waals surface area contributed by atoms with Gasteiger partial charge in [0.2, 0.25) is 0 Å². The van der Waals surface area contributed by atoms with Gasteiger partial charge in [0.05, 0.1) is 0 Å². The fourth-order valence-electron chi connectivity index (χ4n) is 2.16. The molecule has 0 spiro atoms. The molecule has 20 heavy (non-hydrogen) atoms. The number of aryl methyl sites for hydroxylation is 3. The highest BCUT2D eigenvalue weighted by atomic mass is 35.5. The number of rotatable bonds is 2. The summed E-state index contributed by atoms with van der Waals surface area (Å²) in [5, 5.41) is 3.28. The standard InChI is InChI=1S/C15H14Cl2N2O/c1-8-4-9(2)14(10(3)5-8)19-15(20)11-6-12(16)18-13(17)7-11/h4-7H,1-3H3,(H,19,20). The molecule has 104 valence electrons. The van der Waals surface area contributed by atoms with Gasteiger partial charge in [0.1, 0.15) is 10.3 Å². The van der Waals surface area contributed by atoms with E-state index in [0.717, 1.165) is 22.4 Å². The van der Waals surface area contributed by atoms with Crippen LogP contribution in [0.1, 0.15) is 27.0 Å². The summed E-state index contributed by atoms with van der Waals surface area (Å²) in [6.45, 7) is 5.94. The number of benzene rings is 1. The normalized spacial score (nSPS) is 10.4. The van der Waals surface area contributed by atoms with E-state index in [0.29, 0.717) is 5.56 Å². The minimum atomic E-state index is -0.258. The van der Waals surface area contributed by atoms with E-state index in [1.165, 1.54) is 12.1 Å². The predicted octanol–water partition coefficient (Wildman–Crippen LogP) is 4.57. The Morgan fingerprint density at radius 2 is 1.50 bits per heavy atom. The number of hydrogen-bond acceptors (Lipinski definition) is 2. The number of pyridine rings is 1. The number of carbonyl (C=O) groups is 1. The molecule has 1 aromatic heterocycles. The van der Waals surface area contributed by atoms with Gasteiger partial charge in [-0.2, -0.15) is 0 Å². The van der Waals surface area contributed by atoms with Crippen molar-refractivity contribution in [1.82, 2.24) is 4.98 Å². The third-order valence-corrected chi connectivity index (χ3v) is 3.33. The van der Waals surface area contributed by atoms with Crippen LogP contribution in [0.4, 0.5) is 5.69 Å². The van der Waals surface area contributed by atoms with E-state index in [1.54, 1.807) is 0 Å². The van der Waals surface area contributed by atoms with Crippen LogP contribution in [0, 0.1) is 20.8 Å². The maximum atomic E-state index is 12.3. The van der Waals surface area contributed by atoms with Crippen molar-refractivity contribution in [2.24, 2.45) is 0 Å². The fourth-order valence-corrected chi connectivity index (χ4v) is 2.62. The second-order valence-corrected chi connectivity index (χ2v) is 5.50. The molecule has 0 fully saturated rings. The summed E-state index contributed by atoms with van der Waals surface area (Å²) < 4.78 is 0. The van der Waals surface area contributed by atoms with Crippen molar-refractivity contribution in [1.29, 1.82) is 0 Å². The first-order chi connectivity index (χ1) is 9.36. The fraction of sp³-hybridized carbons (Fsp3) is 0.200. The van der Waals surface area contributed by atoms with Crippen molar-refractivity contribution in [3.05, 3.63) is 56.8 Å². The van der Waals surface area contributed by atoms with Crippen molar-refractivity contribution in [3.8, 4) is 0 Å². The van der Waals surface area contributed by atoms with Gasteiger partial charge >= 0.3 is 0 Å². The Morgan fingerprint density at radius 3 is 2.00 bits per heavy atom. The molecule has 0 unspecified atom stereocenters. The molecule has 0 aliphatic carbocycles. The van der Waals surface area contributed by atoms with Crippen molar-refractivity contribution in [3.63, 3.8) is 0 Å². The molecule has 0 aliphatic heterocycles. The van der Waals surface area contributed by atoms with Crippen LogP contribution in [0.25, 0.3) is 0 Å². The Labute approximate surface area is 127 Å². The molecule has 0 saturated heterocycles. The third-order valence-electron chi connectivity index (χ3n) is 2.94. The van der Waals surface area contributed by atoms with Gasteiger partial charge in [-0.25, -0.2) is 4.98 Å². The molecule has 0 atom stereocenters. The van der Waals surface area contributed by atoms with Gasteiger partial charge in [0.15, 0.2) is 0 Å².